The first-order chi connectivity index (χ1) is 15.0. The Labute approximate surface area is 209 Å². The predicted molar refractivity (Wildman–Crippen MR) is 127 cm³/mol. The van der Waals surface area contributed by atoms with Crippen LogP contribution in [0.3, 0.4) is 0 Å². The largest absolute Gasteiger partial charge is 0.334 e. The van der Waals surface area contributed by atoms with Crippen molar-refractivity contribution in [3.63, 3.8) is 0 Å². The van der Waals surface area contributed by atoms with Gasteiger partial charge in [-0.25, -0.2) is 0 Å². The number of benzene rings is 2. The van der Waals surface area contributed by atoms with E-state index in [0.717, 1.165) is 5.56 Å². The SMILES string of the molecule is Cc1cc(C2C(C(=O)Nc3ccc(Cl)c(C(=O)NC4(C#N)CC4)c3)C2(Cl)Cl)cc(Cl)c1Cl. The Hall–Kier alpha value is -1.68. The highest BCUT2D eigenvalue weighted by Gasteiger charge is 2.67. The van der Waals surface area contributed by atoms with Gasteiger partial charge in [-0.05, 0) is 55.2 Å². The molecule has 2 atom stereocenters. The minimum absolute atomic E-state index is 0.154. The van der Waals surface area contributed by atoms with E-state index in [1.165, 1.54) is 12.1 Å². The van der Waals surface area contributed by atoms with Crippen LogP contribution >= 0.6 is 58.0 Å². The predicted octanol–water partition coefficient (Wildman–Crippen LogP) is 6.27. The molecule has 10 heteroatoms. The van der Waals surface area contributed by atoms with Crippen molar-refractivity contribution in [3.8, 4) is 6.07 Å². The molecule has 2 aliphatic carbocycles. The Balaban J connectivity index is 1.52. The molecule has 0 aliphatic heterocycles. The number of aryl methyl sites for hydroxylation is 1. The van der Waals surface area contributed by atoms with E-state index >= 15 is 0 Å². The number of carbonyl (C=O) groups excluding carboxylic acids is 2. The van der Waals surface area contributed by atoms with Crippen LogP contribution in [0, 0.1) is 24.2 Å². The van der Waals surface area contributed by atoms with Crippen LogP contribution in [0.5, 0.6) is 0 Å². The summed E-state index contributed by atoms with van der Waals surface area (Å²) in [5.41, 5.74) is 1.14. The lowest BCUT2D eigenvalue weighted by Crippen LogP contribution is -2.35. The standard InChI is InChI=1S/C22H16Cl5N3O2/c1-10-6-11(7-15(24)18(10)25)16-17(22(16,26)27)20(32)29-12-2-3-14(23)13(8-12)19(31)30-21(9-28)4-5-21/h2-3,6-8,16-17H,4-5H2,1H3,(H,29,32)(H,30,31). The Morgan fingerprint density at radius 1 is 1.09 bits per heavy atom. The fraction of sp³-hybridized carbons (Fsp3) is 0.318. The molecule has 0 bridgehead atoms. The zero-order valence-electron chi connectivity index (χ0n) is 16.6. The first-order valence-corrected chi connectivity index (χ1v) is 11.6. The lowest BCUT2D eigenvalue weighted by atomic mass is 10.1. The van der Waals surface area contributed by atoms with Gasteiger partial charge >= 0.3 is 0 Å². The zero-order chi connectivity index (χ0) is 23.4. The second-order valence-electron chi connectivity index (χ2n) is 8.10. The van der Waals surface area contributed by atoms with Crippen molar-refractivity contribution < 1.29 is 9.59 Å². The van der Waals surface area contributed by atoms with Crippen molar-refractivity contribution >= 4 is 75.5 Å². The van der Waals surface area contributed by atoms with Gasteiger partial charge in [0, 0.05) is 11.6 Å². The van der Waals surface area contributed by atoms with Crippen LogP contribution in [0.1, 0.15) is 40.2 Å². The molecule has 166 valence electrons. The third kappa shape index (κ3) is 4.27. The van der Waals surface area contributed by atoms with Gasteiger partial charge in [-0.15, -0.1) is 23.2 Å². The van der Waals surface area contributed by atoms with E-state index in [9.17, 15) is 14.9 Å². The summed E-state index contributed by atoms with van der Waals surface area (Å²) in [6, 6.07) is 10.1. The number of rotatable bonds is 5. The van der Waals surface area contributed by atoms with Crippen molar-refractivity contribution in [2.45, 2.75) is 35.6 Å². The van der Waals surface area contributed by atoms with E-state index in [4.69, 9.17) is 58.0 Å². The number of nitrogens with one attached hydrogen (secondary N) is 2. The van der Waals surface area contributed by atoms with Crippen LogP contribution in [-0.4, -0.2) is 21.7 Å². The second-order valence-corrected chi connectivity index (χ2v) is 10.7. The number of nitrogens with zero attached hydrogens (tertiary/aromatic N) is 1. The van der Waals surface area contributed by atoms with E-state index in [1.54, 1.807) is 25.1 Å². The highest BCUT2D eigenvalue weighted by Crippen LogP contribution is 2.65. The van der Waals surface area contributed by atoms with Crippen LogP contribution in [0.15, 0.2) is 30.3 Å². The molecular formula is C22H16Cl5N3O2. The van der Waals surface area contributed by atoms with Crippen LogP contribution < -0.4 is 10.6 Å². The van der Waals surface area contributed by atoms with Crippen molar-refractivity contribution in [2.24, 2.45) is 5.92 Å². The summed E-state index contributed by atoms with van der Waals surface area (Å²) in [4.78, 5) is 25.5. The molecule has 0 spiro atoms. The minimum Gasteiger partial charge on any atom is -0.334 e. The molecule has 5 nitrogen and oxygen atoms in total. The Morgan fingerprint density at radius 2 is 1.78 bits per heavy atom. The number of hydrogen-bond donors (Lipinski definition) is 2. The Bertz CT molecular complexity index is 1160. The number of nitriles is 1. The first kappa shape index (κ1) is 23.5. The molecule has 2 aliphatic rings. The number of amides is 2. The van der Waals surface area contributed by atoms with Crippen LogP contribution in [0.25, 0.3) is 0 Å². The van der Waals surface area contributed by atoms with E-state index in [2.05, 4.69) is 16.7 Å². The van der Waals surface area contributed by atoms with Gasteiger partial charge in [-0.2, -0.15) is 5.26 Å². The smallest absolute Gasteiger partial charge is 0.254 e. The maximum absolute atomic E-state index is 12.9. The zero-order valence-corrected chi connectivity index (χ0v) is 20.4. The van der Waals surface area contributed by atoms with Crippen LogP contribution in [-0.2, 0) is 4.79 Å². The topological polar surface area (TPSA) is 82.0 Å². The van der Waals surface area contributed by atoms with Gasteiger partial charge in [0.05, 0.1) is 32.6 Å². The quantitative estimate of drug-likeness (QED) is 0.447. The number of alkyl halides is 2. The van der Waals surface area contributed by atoms with Gasteiger partial charge in [-0.1, -0.05) is 40.9 Å². The number of carbonyl (C=O) groups is 2. The summed E-state index contributed by atoms with van der Waals surface area (Å²) in [7, 11) is 0. The van der Waals surface area contributed by atoms with Gasteiger partial charge in [-0.3, -0.25) is 9.59 Å². The summed E-state index contributed by atoms with van der Waals surface area (Å²) in [6.07, 6.45) is 1.18. The average molecular weight is 532 g/mol. The first-order valence-electron chi connectivity index (χ1n) is 9.66. The van der Waals surface area contributed by atoms with E-state index in [-0.39, 0.29) is 10.6 Å². The average Bonchev–Trinajstić information content (AvgIpc) is 3.62. The van der Waals surface area contributed by atoms with Gasteiger partial charge in [0.1, 0.15) is 9.87 Å². The van der Waals surface area contributed by atoms with E-state index < -0.39 is 33.5 Å². The summed E-state index contributed by atoms with van der Waals surface area (Å²) < 4.78 is -1.31. The van der Waals surface area contributed by atoms with Crippen molar-refractivity contribution in [1.82, 2.24) is 5.32 Å². The molecule has 2 fully saturated rings. The third-order valence-corrected chi connectivity index (χ3v) is 7.89. The number of hydrogen-bond acceptors (Lipinski definition) is 3. The van der Waals surface area contributed by atoms with Crippen molar-refractivity contribution in [2.75, 3.05) is 5.32 Å². The highest BCUT2D eigenvalue weighted by molar-refractivity contribution is 6.53. The molecule has 2 N–H and O–H groups in total. The number of anilines is 1. The van der Waals surface area contributed by atoms with Gasteiger partial charge in [0.15, 0.2) is 0 Å². The van der Waals surface area contributed by atoms with Gasteiger partial charge < -0.3 is 10.6 Å². The summed E-state index contributed by atoms with van der Waals surface area (Å²) >= 11 is 31.3. The molecule has 2 aromatic rings. The molecule has 2 saturated carbocycles. The minimum atomic E-state index is -1.31. The van der Waals surface area contributed by atoms with E-state index in [1.807, 2.05) is 0 Å². The molecular weight excluding hydrogens is 516 g/mol. The van der Waals surface area contributed by atoms with Crippen LogP contribution in [0.4, 0.5) is 5.69 Å². The fourth-order valence-corrected chi connectivity index (χ4v) is 5.09. The maximum atomic E-state index is 12.9. The van der Waals surface area contributed by atoms with Crippen molar-refractivity contribution in [1.29, 1.82) is 5.26 Å². The highest BCUT2D eigenvalue weighted by atomic mass is 35.5. The van der Waals surface area contributed by atoms with Gasteiger partial charge in [0.2, 0.25) is 5.91 Å². The molecule has 2 amide bonds. The molecule has 4 rings (SSSR count). The normalized spacial score (nSPS) is 21.9. The molecule has 0 radical (unpaired) electrons. The lowest BCUT2D eigenvalue weighted by Gasteiger charge is -2.12. The maximum Gasteiger partial charge on any atom is 0.254 e. The van der Waals surface area contributed by atoms with E-state index in [0.29, 0.717) is 34.1 Å². The van der Waals surface area contributed by atoms with Crippen molar-refractivity contribution in [3.05, 3.63) is 62.1 Å². The number of halogens is 5. The Kier molecular flexibility index (Phi) is 6.07. The molecule has 2 unspecified atom stereocenters. The van der Waals surface area contributed by atoms with Crippen LogP contribution in [0.2, 0.25) is 15.1 Å². The summed E-state index contributed by atoms with van der Waals surface area (Å²) in [6.45, 7) is 1.80. The second kappa shape index (κ2) is 8.27. The molecule has 0 aromatic heterocycles. The fourth-order valence-electron chi connectivity index (χ4n) is 3.67. The summed E-state index contributed by atoms with van der Waals surface area (Å²) in [5.74, 6) is -2.10. The third-order valence-electron chi connectivity index (χ3n) is 5.72. The summed E-state index contributed by atoms with van der Waals surface area (Å²) in [5, 5.41) is 15.6. The molecule has 0 heterocycles. The monoisotopic (exact) mass is 529 g/mol. The molecule has 2 aromatic carbocycles. The molecule has 32 heavy (non-hydrogen) atoms. The van der Waals surface area contributed by atoms with Gasteiger partial charge in [0.25, 0.3) is 5.91 Å². The lowest BCUT2D eigenvalue weighted by molar-refractivity contribution is -0.117. The Morgan fingerprint density at radius 3 is 2.38 bits per heavy atom. The molecule has 0 saturated heterocycles.